The number of aromatic amines is 1. The van der Waals surface area contributed by atoms with Crippen LogP contribution < -0.4 is 5.56 Å². The molecule has 4 heteroatoms. The maximum atomic E-state index is 11.2. The molecule has 0 unspecified atom stereocenters. The van der Waals surface area contributed by atoms with Gasteiger partial charge in [-0.1, -0.05) is 5.92 Å². The molecule has 1 aromatic rings. The second-order valence-electron chi connectivity index (χ2n) is 2.39. The van der Waals surface area contributed by atoms with Crippen molar-refractivity contribution < 1.29 is 0 Å². The molecule has 1 heterocycles. The van der Waals surface area contributed by atoms with Gasteiger partial charge in [0.25, 0.3) is 5.56 Å². The molecule has 0 radical (unpaired) electrons. The minimum absolute atomic E-state index is 0.158. The summed E-state index contributed by atoms with van der Waals surface area (Å²) >= 11 is 4.90. The molecular weight excluding hydrogens is 172 g/mol. The van der Waals surface area contributed by atoms with Crippen LogP contribution in [-0.4, -0.2) is 9.55 Å². The van der Waals surface area contributed by atoms with E-state index in [2.05, 4.69) is 10.9 Å². The van der Waals surface area contributed by atoms with Crippen LogP contribution in [0.15, 0.2) is 10.9 Å². The van der Waals surface area contributed by atoms with E-state index in [0.717, 1.165) is 5.69 Å². The van der Waals surface area contributed by atoms with Crippen LogP contribution in [0.2, 0.25) is 0 Å². The minimum Gasteiger partial charge on any atom is -0.336 e. The van der Waals surface area contributed by atoms with Crippen LogP contribution >= 0.6 is 12.2 Å². The summed E-state index contributed by atoms with van der Waals surface area (Å²) < 4.78 is 1.71. The fourth-order valence-corrected chi connectivity index (χ4v) is 1.19. The van der Waals surface area contributed by atoms with Gasteiger partial charge in [-0.25, -0.2) is 0 Å². The molecule has 0 aliphatic heterocycles. The summed E-state index contributed by atoms with van der Waals surface area (Å²) in [5.41, 5.74) is 0.590. The van der Waals surface area contributed by atoms with Gasteiger partial charge in [0.15, 0.2) is 4.77 Å². The van der Waals surface area contributed by atoms with Crippen molar-refractivity contribution in [2.75, 3.05) is 0 Å². The summed E-state index contributed by atoms with van der Waals surface area (Å²) in [4.78, 5) is 14.1. The molecule has 0 atom stereocenters. The third kappa shape index (κ3) is 1.63. The molecule has 0 saturated carbocycles. The van der Waals surface area contributed by atoms with E-state index in [9.17, 15) is 4.79 Å². The first-order valence-corrected chi connectivity index (χ1v) is 3.80. The highest BCUT2D eigenvalue weighted by molar-refractivity contribution is 7.71. The largest absolute Gasteiger partial charge is 0.336 e. The predicted molar refractivity (Wildman–Crippen MR) is 49.5 cm³/mol. The quantitative estimate of drug-likeness (QED) is 0.514. The maximum absolute atomic E-state index is 11.2. The molecule has 0 saturated heterocycles. The van der Waals surface area contributed by atoms with E-state index in [4.69, 9.17) is 18.6 Å². The van der Waals surface area contributed by atoms with Crippen LogP contribution in [0.5, 0.6) is 0 Å². The summed E-state index contributed by atoms with van der Waals surface area (Å²) in [6.07, 6.45) is 5.07. The molecule has 0 spiro atoms. The number of nitrogens with one attached hydrogen (secondary N) is 1. The lowest BCUT2D eigenvalue weighted by molar-refractivity contribution is 0.745. The highest BCUT2D eigenvalue weighted by Crippen LogP contribution is 1.87. The maximum Gasteiger partial charge on any atom is 0.255 e. The first-order valence-electron chi connectivity index (χ1n) is 3.39. The van der Waals surface area contributed by atoms with Crippen molar-refractivity contribution in [1.82, 2.24) is 9.55 Å². The van der Waals surface area contributed by atoms with E-state index in [0.29, 0.717) is 4.77 Å². The zero-order chi connectivity index (χ0) is 9.14. The normalized spacial score (nSPS) is 9.33. The van der Waals surface area contributed by atoms with Crippen molar-refractivity contribution in [3.63, 3.8) is 0 Å². The van der Waals surface area contributed by atoms with E-state index in [1.807, 2.05) is 0 Å². The van der Waals surface area contributed by atoms with Gasteiger partial charge < -0.3 is 4.98 Å². The highest BCUT2D eigenvalue weighted by Gasteiger charge is 1.95. The van der Waals surface area contributed by atoms with Gasteiger partial charge in [0, 0.05) is 11.8 Å². The fourth-order valence-electron chi connectivity index (χ4n) is 0.876. The van der Waals surface area contributed by atoms with Gasteiger partial charge in [0.2, 0.25) is 0 Å². The van der Waals surface area contributed by atoms with Crippen LogP contribution in [0.1, 0.15) is 5.69 Å². The van der Waals surface area contributed by atoms with Crippen LogP contribution in [0, 0.1) is 24.0 Å². The summed E-state index contributed by atoms with van der Waals surface area (Å²) in [5.74, 6) is 2.36. The molecule has 1 aromatic heterocycles. The topological polar surface area (TPSA) is 37.8 Å². The van der Waals surface area contributed by atoms with Crippen LogP contribution in [0.4, 0.5) is 0 Å². The molecule has 12 heavy (non-hydrogen) atoms. The monoisotopic (exact) mass is 180 g/mol. The van der Waals surface area contributed by atoms with Gasteiger partial charge in [0.1, 0.15) is 0 Å². The second-order valence-corrected chi connectivity index (χ2v) is 2.77. The van der Waals surface area contributed by atoms with Crippen LogP contribution in [0.25, 0.3) is 0 Å². The lowest BCUT2D eigenvalue weighted by atomic mass is 10.4. The lowest BCUT2D eigenvalue weighted by Gasteiger charge is -2.00. The second kappa shape index (κ2) is 3.37. The summed E-state index contributed by atoms with van der Waals surface area (Å²) in [6, 6.07) is 1.47. The number of hydrogen-bond donors (Lipinski definition) is 1. The van der Waals surface area contributed by atoms with Gasteiger partial charge in [-0.3, -0.25) is 9.36 Å². The SMILES string of the molecule is C#CCn1c(=O)cc(C)[nH]c1=S. The summed E-state index contributed by atoms with van der Waals surface area (Å²) in [6.45, 7) is 1.99. The smallest absolute Gasteiger partial charge is 0.255 e. The Kier molecular flexibility index (Phi) is 2.46. The number of hydrogen-bond acceptors (Lipinski definition) is 2. The molecule has 0 fully saturated rings. The Hall–Kier alpha value is -1.34. The Morgan fingerprint density at radius 2 is 2.50 bits per heavy atom. The number of rotatable bonds is 1. The van der Waals surface area contributed by atoms with E-state index in [1.165, 1.54) is 10.6 Å². The molecule has 1 N–H and O–H groups in total. The summed E-state index contributed by atoms with van der Waals surface area (Å²) in [7, 11) is 0. The molecule has 0 aliphatic rings. The third-order valence-corrected chi connectivity index (χ3v) is 1.73. The number of aromatic nitrogens is 2. The fraction of sp³-hybridized carbons (Fsp3) is 0.250. The van der Waals surface area contributed by atoms with E-state index in [1.54, 1.807) is 6.92 Å². The highest BCUT2D eigenvalue weighted by atomic mass is 32.1. The first kappa shape index (κ1) is 8.75. The summed E-state index contributed by atoms with van der Waals surface area (Å²) in [5, 5.41) is 0. The van der Waals surface area contributed by atoms with Crippen LogP contribution in [0.3, 0.4) is 0 Å². The van der Waals surface area contributed by atoms with Gasteiger partial charge in [-0.2, -0.15) is 0 Å². The average molecular weight is 180 g/mol. The van der Waals surface area contributed by atoms with Gasteiger partial charge in [0.05, 0.1) is 6.54 Å². The minimum atomic E-state index is -0.158. The van der Waals surface area contributed by atoms with Gasteiger partial charge >= 0.3 is 0 Å². The molecule has 3 nitrogen and oxygen atoms in total. The van der Waals surface area contributed by atoms with Crippen molar-refractivity contribution in [3.05, 3.63) is 26.9 Å². The Morgan fingerprint density at radius 3 is 3.00 bits per heavy atom. The Labute approximate surface area is 75.1 Å². The Bertz CT molecular complexity index is 404. The Balaban J connectivity index is 3.42. The Morgan fingerprint density at radius 1 is 1.83 bits per heavy atom. The van der Waals surface area contributed by atoms with Crippen LogP contribution in [-0.2, 0) is 6.54 Å². The molecule has 0 aromatic carbocycles. The zero-order valence-electron chi connectivity index (χ0n) is 6.63. The molecule has 62 valence electrons. The van der Waals surface area contributed by atoms with Gasteiger partial charge in [-0.05, 0) is 19.1 Å². The average Bonchev–Trinajstić information content (AvgIpc) is 1.96. The van der Waals surface area contributed by atoms with Crippen molar-refractivity contribution in [2.24, 2.45) is 0 Å². The lowest BCUT2D eigenvalue weighted by Crippen LogP contribution is -2.21. The van der Waals surface area contributed by atoms with Crippen molar-refractivity contribution in [1.29, 1.82) is 0 Å². The van der Waals surface area contributed by atoms with Gasteiger partial charge in [-0.15, -0.1) is 6.42 Å². The number of nitrogens with zero attached hydrogens (tertiary/aromatic N) is 1. The standard InChI is InChI=1S/C8H8N2OS/c1-3-4-10-7(11)5-6(2)9-8(10)12/h1,5H,4H2,2H3,(H,9,12). The third-order valence-electron chi connectivity index (χ3n) is 1.40. The number of H-pyrrole nitrogens is 1. The molecule has 0 amide bonds. The molecule has 1 rings (SSSR count). The molecule has 0 bridgehead atoms. The van der Waals surface area contributed by atoms with Crippen molar-refractivity contribution >= 4 is 12.2 Å². The zero-order valence-corrected chi connectivity index (χ0v) is 7.44. The molecular formula is C8H8N2OS. The van der Waals surface area contributed by atoms with E-state index in [-0.39, 0.29) is 12.1 Å². The predicted octanol–water partition coefficient (Wildman–Crippen LogP) is 0.848. The van der Waals surface area contributed by atoms with Crippen molar-refractivity contribution in [3.8, 4) is 12.3 Å². The van der Waals surface area contributed by atoms with E-state index < -0.39 is 0 Å². The van der Waals surface area contributed by atoms with E-state index >= 15 is 0 Å². The number of aryl methyl sites for hydroxylation is 1. The number of terminal acetylenes is 1. The van der Waals surface area contributed by atoms with Crippen molar-refractivity contribution in [2.45, 2.75) is 13.5 Å². The first-order chi connectivity index (χ1) is 5.65. The molecule has 0 aliphatic carbocycles.